The fourth-order valence-corrected chi connectivity index (χ4v) is 7.48. The molecule has 0 aromatic rings. The Bertz CT molecular complexity index is 947. The third kappa shape index (κ3) is 2.72. The molecule has 3 fully saturated rings. The molecule has 0 unspecified atom stereocenters. The van der Waals surface area contributed by atoms with Crippen LogP contribution < -0.4 is 5.43 Å². The molecule has 4 aliphatic rings. The number of amides is 1. The molecule has 176 valence electrons. The van der Waals surface area contributed by atoms with E-state index in [2.05, 4.69) is 10.5 Å². The SMILES string of the molecule is CC(=O)N/N=C1\C=C[C@@]2(C)C(=C1)CC[C@H]1[C@@H]3C[C@@H](C)[C@](O)(C(=O)CO)[C@@]3(C)C[C@H](O)[C@@]12F. The highest BCUT2D eigenvalue weighted by Gasteiger charge is 2.75. The highest BCUT2D eigenvalue weighted by Crippen LogP contribution is 2.70. The number of carbonyl (C=O) groups excluding carboxylic acids is 2. The number of nitrogens with one attached hydrogen (secondary N) is 1. The lowest BCUT2D eigenvalue weighted by Gasteiger charge is -2.62. The molecule has 0 bridgehead atoms. The number of Topliss-reactive ketones (excluding diaryl/α,β-unsaturated/α-hetero) is 1. The van der Waals surface area contributed by atoms with Gasteiger partial charge in [0.25, 0.3) is 0 Å². The highest BCUT2D eigenvalue weighted by molar-refractivity contribution is 6.06. The van der Waals surface area contributed by atoms with E-state index < -0.39 is 52.4 Å². The highest BCUT2D eigenvalue weighted by atomic mass is 19.1. The summed E-state index contributed by atoms with van der Waals surface area (Å²) in [7, 11) is 0. The molecule has 0 radical (unpaired) electrons. The number of alkyl halides is 1. The van der Waals surface area contributed by atoms with Gasteiger partial charge in [0.2, 0.25) is 5.91 Å². The third-order valence-corrected chi connectivity index (χ3v) is 9.15. The maximum absolute atomic E-state index is 17.2. The monoisotopic (exact) mass is 448 g/mol. The molecule has 4 aliphatic carbocycles. The van der Waals surface area contributed by atoms with Crippen LogP contribution in [0.4, 0.5) is 4.39 Å². The number of carbonyl (C=O) groups is 2. The van der Waals surface area contributed by atoms with E-state index in [1.54, 1.807) is 39.0 Å². The van der Waals surface area contributed by atoms with Gasteiger partial charge in [0.1, 0.15) is 12.2 Å². The normalized spacial score (nSPS) is 48.5. The number of rotatable bonds is 3. The largest absolute Gasteiger partial charge is 0.390 e. The number of aliphatic hydroxyl groups excluding tert-OH is 2. The molecule has 32 heavy (non-hydrogen) atoms. The predicted octanol–water partition coefficient (Wildman–Crippen LogP) is 1.82. The van der Waals surface area contributed by atoms with Crippen molar-refractivity contribution in [2.75, 3.05) is 6.61 Å². The van der Waals surface area contributed by atoms with Crippen molar-refractivity contribution < 1.29 is 29.3 Å². The summed E-state index contributed by atoms with van der Waals surface area (Å²) < 4.78 is 17.2. The molecule has 4 rings (SSSR count). The minimum absolute atomic E-state index is 0.0687. The molecule has 0 heterocycles. The maximum Gasteiger partial charge on any atom is 0.236 e. The van der Waals surface area contributed by atoms with Crippen molar-refractivity contribution in [3.8, 4) is 0 Å². The molecule has 7 nitrogen and oxygen atoms in total. The average Bonchev–Trinajstić information content (AvgIpc) is 2.94. The second-order valence-corrected chi connectivity index (χ2v) is 10.6. The van der Waals surface area contributed by atoms with Gasteiger partial charge in [-0.05, 0) is 56.6 Å². The summed E-state index contributed by atoms with van der Waals surface area (Å²) in [6.07, 6.45) is 5.19. The standard InChI is InChI=1S/C24H33FN2O5/c1-13-9-18-17-6-5-15-10-16(27-26-14(2)29)7-8-21(15,3)23(17,25)19(30)11-22(18,4)24(13,32)20(31)12-28/h7-8,10,13,17-19,28,30,32H,5-6,9,11-12H2,1-4H3,(H,26,29)/b27-16+/t13-,17+,18+,19+,21+,22+,23+,24+/m1/s1. The molecule has 0 saturated heterocycles. The first-order valence-corrected chi connectivity index (χ1v) is 11.3. The van der Waals surface area contributed by atoms with Crippen LogP contribution in [0.3, 0.4) is 0 Å². The molecule has 0 aromatic carbocycles. The molecular weight excluding hydrogens is 415 g/mol. The first-order chi connectivity index (χ1) is 14.9. The number of ketones is 1. The van der Waals surface area contributed by atoms with Gasteiger partial charge < -0.3 is 15.3 Å². The number of nitrogens with zero attached hydrogens (tertiary/aromatic N) is 1. The molecule has 1 amide bonds. The van der Waals surface area contributed by atoms with Crippen LogP contribution in [0.25, 0.3) is 0 Å². The van der Waals surface area contributed by atoms with Crippen molar-refractivity contribution in [2.45, 2.75) is 70.8 Å². The Morgan fingerprint density at radius 3 is 2.62 bits per heavy atom. The molecule has 4 N–H and O–H groups in total. The van der Waals surface area contributed by atoms with Crippen LogP contribution >= 0.6 is 0 Å². The number of fused-ring (bicyclic) bond motifs is 5. The van der Waals surface area contributed by atoms with Gasteiger partial charge in [-0.2, -0.15) is 5.10 Å². The zero-order valence-electron chi connectivity index (χ0n) is 19.1. The molecule has 8 atom stereocenters. The fourth-order valence-electron chi connectivity index (χ4n) is 7.48. The Balaban J connectivity index is 1.76. The summed E-state index contributed by atoms with van der Waals surface area (Å²) in [5.41, 5.74) is -2.17. The Hall–Kier alpha value is -1.90. The number of hydrogen-bond acceptors (Lipinski definition) is 6. The van der Waals surface area contributed by atoms with E-state index in [4.69, 9.17) is 0 Å². The lowest BCUT2D eigenvalue weighted by atomic mass is 9.44. The molecule has 0 aliphatic heterocycles. The van der Waals surface area contributed by atoms with Crippen LogP contribution in [0, 0.1) is 28.6 Å². The van der Waals surface area contributed by atoms with Crippen molar-refractivity contribution in [3.05, 3.63) is 23.8 Å². The number of aliphatic hydroxyl groups is 3. The van der Waals surface area contributed by atoms with Crippen molar-refractivity contribution in [1.29, 1.82) is 0 Å². The molecule has 0 spiro atoms. The first-order valence-electron chi connectivity index (χ1n) is 11.3. The van der Waals surface area contributed by atoms with E-state index in [0.29, 0.717) is 25.0 Å². The predicted molar refractivity (Wildman–Crippen MR) is 116 cm³/mol. The summed E-state index contributed by atoms with van der Waals surface area (Å²) in [4.78, 5) is 23.8. The fraction of sp³-hybridized carbons (Fsp3) is 0.708. The van der Waals surface area contributed by atoms with Crippen LogP contribution in [0.2, 0.25) is 0 Å². The van der Waals surface area contributed by atoms with Gasteiger partial charge >= 0.3 is 0 Å². The number of halogens is 1. The summed E-state index contributed by atoms with van der Waals surface area (Å²) in [6, 6.07) is 0. The zero-order chi connectivity index (χ0) is 23.7. The number of hydrazone groups is 1. The van der Waals surface area contributed by atoms with Gasteiger partial charge in [-0.15, -0.1) is 0 Å². The number of allylic oxidation sites excluding steroid dienone is 4. The Morgan fingerprint density at radius 2 is 2.00 bits per heavy atom. The van der Waals surface area contributed by atoms with Crippen molar-refractivity contribution >= 4 is 17.4 Å². The van der Waals surface area contributed by atoms with E-state index in [-0.39, 0.29) is 18.2 Å². The summed E-state index contributed by atoms with van der Waals surface area (Å²) in [5, 5.41) is 36.4. The van der Waals surface area contributed by atoms with E-state index >= 15 is 4.39 Å². The summed E-state index contributed by atoms with van der Waals surface area (Å²) >= 11 is 0. The molecule has 8 heteroatoms. The van der Waals surface area contributed by atoms with E-state index in [9.17, 15) is 24.9 Å². The van der Waals surface area contributed by atoms with Gasteiger partial charge in [0, 0.05) is 23.7 Å². The van der Waals surface area contributed by atoms with Gasteiger partial charge in [-0.25, -0.2) is 9.82 Å². The van der Waals surface area contributed by atoms with Crippen molar-refractivity contribution in [2.24, 2.45) is 33.7 Å². The molecular formula is C24H33FN2O5. The average molecular weight is 449 g/mol. The Labute approximate surface area is 187 Å². The van der Waals surface area contributed by atoms with E-state index in [0.717, 1.165) is 5.57 Å². The lowest BCUT2D eigenvalue weighted by Crippen LogP contribution is -2.69. The van der Waals surface area contributed by atoms with E-state index in [1.807, 2.05) is 0 Å². The third-order valence-electron chi connectivity index (χ3n) is 9.15. The van der Waals surface area contributed by atoms with Crippen LogP contribution in [-0.2, 0) is 9.59 Å². The first kappa shape index (κ1) is 23.3. The van der Waals surface area contributed by atoms with Crippen LogP contribution in [0.5, 0.6) is 0 Å². The van der Waals surface area contributed by atoms with Crippen molar-refractivity contribution in [3.63, 3.8) is 0 Å². The zero-order valence-corrected chi connectivity index (χ0v) is 19.1. The summed E-state index contributed by atoms with van der Waals surface area (Å²) in [5.74, 6) is -2.28. The van der Waals surface area contributed by atoms with Crippen LogP contribution in [0.15, 0.2) is 28.9 Å². The lowest BCUT2D eigenvalue weighted by molar-refractivity contribution is -0.219. The minimum Gasteiger partial charge on any atom is -0.390 e. The Morgan fingerprint density at radius 1 is 1.31 bits per heavy atom. The van der Waals surface area contributed by atoms with Gasteiger partial charge in [0.15, 0.2) is 11.5 Å². The molecule has 0 aromatic heterocycles. The maximum atomic E-state index is 17.2. The minimum atomic E-state index is -1.98. The Kier molecular flexibility index (Phi) is 5.31. The van der Waals surface area contributed by atoms with E-state index in [1.165, 1.54) is 6.92 Å². The quantitative estimate of drug-likeness (QED) is 0.491. The second-order valence-electron chi connectivity index (χ2n) is 10.6. The van der Waals surface area contributed by atoms with Crippen molar-refractivity contribution in [1.82, 2.24) is 5.43 Å². The smallest absolute Gasteiger partial charge is 0.236 e. The molecule has 3 saturated carbocycles. The number of hydrogen-bond donors (Lipinski definition) is 4. The van der Waals surface area contributed by atoms with Gasteiger partial charge in [-0.3, -0.25) is 9.59 Å². The van der Waals surface area contributed by atoms with Gasteiger partial charge in [-0.1, -0.05) is 25.5 Å². The summed E-state index contributed by atoms with van der Waals surface area (Å²) in [6.45, 7) is 5.89. The van der Waals surface area contributed by atoms with Gasteiger partial charge in [0.05, 0.1) is 11.8 Å². The second kappa shape index (κ2) is 7.30. The topological polar surface area (TPSA) is 119 Å². The van der Waals surface area contributed by atoms with Crippen LogP contribution in [0.1, 0.15) is 53.4 Å². The van der Waals surface area contributed by atoms with Crippen LogP contribution in [-0.4, -0.2) is 56.7 Å².